The van der Waals surface area contributed by atoms with E-state index in [0.29, 0.717) is 18.4 Å². The highest BCUT2D eigenvalue weighted by Gasteiger charge is 2.10. The minimum Gasteiger partial charge on any atom is -0.481 e. The lowest BCUT2D eigenvalue weighted by molar-refractivity contribution is -0.137. The third-order valence-corrected chi connectivity index (χ3v) is 2.67. The second-order valence-electron chi connectivity index (χ2n) is 4.59. The van der Waals surface area contributed by atoms with E-state index in [1.165, 1.54) is 12.1 Å². The van der Waals surface area contributed by atoms with E-state index in [1.807, 2.05) is 0 Å². The molecular weight excluding hydrogens is 279 g/mol. The summed E-state index contributed by atoms with van der Waals surface area (Å²) in [4.78, 5) is 33.2. The molecule has 1 aromatic rings. The van der Waals surface area contributed by atoms with E-state index in [1.54, 1.807) is 13.0 Å². The first-order chi connectivity index (χ1) is 9.88. The molecule has 0 saturated carbocycles. The maximum Gasteiger partial charge on any atom is 0.325 e. The number of unbranched alkanes of at least 4 members (excludes halogenated alkanes) is 1. The molecule has 7 heteroatoms. The van der Waals surface area contributed by atoms with Gasteiger partial charge in [0.15, 0.2) is 0 Å². The Hall–Kier alpha value is -2.44. The van der Waals surface area contributed by atoms with Gasteiger partial charge < -0.3 is 10.4 Å². The van der Waals surface area contributed by atoms with Gasteiger partial charge in [-0.2, -0.15) is 0 Å². The van der Waals surface area contributed by atoms with Crippen LogP contribution in [0.15, 0.2) is 18.2 Å². The molecule has 0 bridgehead atoms. The number of amides is 3. The van der Waals surface area contributed by atoms with Crippen molar-refractivity contribution in [2.45, 2.75) is 32.6 Å². The van der Waals surface area contributed by atoms with Gasteiger partial charge in [0.25, 0.3) is 0 Å². The van der Waals surface area contributed by atoms with Crippen LogP contribution in [0.5, 0.6) is 0 Å². The highest BCUT2D eigenvalue weighted by molar-refractivity contribution is 6.01. The topological polar surface area (TPSA) is 95.5 Å². The monoisotopic (exact) mass is 296 g/mol. The predicted molar refractivity (Wildman–Crippen MR) is 74.4 cm³/mol. The minimum absolute atomic E-state index is 0.0169. The molecule has 1 aromatic carbocycles. The van der Waals surface area contributed by atoms with Crippen LogP contribution in [0.1, 0.15) is 31.2 Å². The van der Waals surface area contributed by atoms with Crippen LogP contribution in [0.2, 0.25) is 0 Å². The number of halogens is 1. The summed E-state index contributed by atoms with van der Waals surface area (Å²) in [6.45, 7) is 1.72. The Labute approximate surface area is 121 Å². The van der Waals surface area contributed by atoms with Crippen LogP contribution in [0.4, 0.5) is 14.9 Å². The number of rotatable bonds is 6. The number of urea groups is 1. The predicted octanol–water partition coefficient (Wildman–Crippen LogP) is 2.43. The lowest BCUT2D eigenvalue weighted by atomic mass is 10.2. The third-order valence-electron chi connectivity index (χ3n) is 2.67. The quantitative estimate of drug-likeness (QED) is 0.702. The summed E-state index contributed by atoms with van der Waals surface area (Å²) < 4.78 is 13.5. The molecule has 0 atom stereocenters. The Balaban J connectivity index is 2.36. The average molecular weight is 296 g/mol. The fourth-order valence-corrected chi connectivity index (χ4v) is 1.63. The number of imide groups is 1. The Bertz CT molecular complexity index is 546. The van der Waals surface area contributed by atoms with Gasteiger partial charge >= 0.3 is 12.0 Å². The molecule has 114 valence electrons. The van der Waals surface area contributed by atoms with Crippen molar-refractivity contribution in [3.8, 4) is 0 Å². The zero-order chi connectivity index (χ0) is 15.8. The van der Waals surface area contributed by atoms with Crippen molar-refractivity contribution >= 4 is 23.6 Å². The second kappa shape index (κ2) is 7.98. The smallest absolute Gasteiger partial charge is 0.325 e. The first kappa shape index (κ1) is 16.6. The fourth-order valence-electron chi connectivity index (χ4n) is 1.63. The summed E-state index contributed by atoms with van der Waals surface area (Å²) in [5, 5.41) is 12.7. The molecule has 0 aliphatic heterocycles. The van der Waals surface area contributed by atoms with Crippen molar-refractivity contribution in [3.63, 3.8) is 0 Å². The van der Waals surface area contributed by atoms with Crippen LogP contribution in [-0.4, -0.2) is 23.0 Å². The van der Waals surface area contributed by atoms with Crippen LogP contribution in [0.25, 0.3) is 0 Å². The second-order valence-corrected chi connectivity index (χ2v) is 4.59. The van der Waals surface area contributed by atoms with E-state index < -0.39 is 23.7 Å². The van der Waals surface area contributed by atoms with Gasteiger partial charge in [0.05, 0.1) is 5.69 Å². The van der Waals surface area contributed by atoms with Gasteiger partial charge in [-0.1, -0.05) is 6.07 Å². The van der Waals surface area contributed by atoms with Crippen molar-refractivity contribution in [1.29, 1.82) is 0 Å². The van der Waals surface area contributed by atoms with Crippen molar-refractivity contribution in [2.24, 2.45) is 0 Å². The number of carboxylic acid groups (broad SMARTS) is 1. The lowest BCUT2D eigenvalue weighted by Crippen LogP contribution is -2.34. The SMILES string of the molecule is Cc1ccc(NC(=O)NC(=O)CCCCC(=O)O)c(F)c1. The van der Waals surface area contributed by atoms with Gasteiger partial charge in [0, 0.05) is 12.8 Å². The van der Waals surface area contributed by atoms with Crippen molar-refractivity contribution in [1.82, 2.24) is 5.32 Å². The number of anilines is 1. The molecule has 0 aromatic heterocycles. The first-order valence-corrected chi connectivity index (χ1v) is 6.47. The summed E-state index contributed by atoms with van der Waals surface area (Å²) in [7, 11) is 0. The molecule has 1 rings (SSSR count). The molecule has 0 radical (unpaired) electrons. The number of carbonyl (C=O) groups excluding carboxylic acids is 2. The third kappa shape index (κ3) is 6.51. The molecule has 3 N–H and O–H groups in total. The maximum absolute atomic E-state index is 13.5. The number of benzene rings is 1. The van der Waals surface area contributed by atoms with Crippen molar-refractivity contribution in [3.05, 3.63) is 29.6 Å². The summed E-state index contributed by atoms with van der Waals surface area (Å²) >= 11 is 0. The summed E-state index contributed by atoms with van der Waals surface area (Å²) in [5.74, 6) is -2.05. The fraction of sp³-hybridized carbons (Fsp3) is 0.357. The van der Waals surface area contributed by atoms with E-state index in [4.69, 9.17) is 5.11 Å². The van der Waals surface area contributed by atoms with Crippen LogP contribution >= 0.6 is 0 Å². The van der Waals surface area contributed by atoms with Crippen LogP contribution in [-0.2, 0) is 9.59 Å². The number of carbonyl (C=O) groups is 3. The Kier molecular flexibility index (Phi) is 6.32. The molecule has 3 amide bonds. The van der Waals surface area contributed by atoms with Gasteiger partial charge in [0.2, 0.25) is 5.91 Å². The van der Waals surface area contributed by atoms with Gasteiger partial charge in [0.1, 0.15) is 5.82 Å². The van der Waals surface area contributed by atoms with Crippen molar-refractivity contribution in [2.75, 3.05) is 5.32 Å². The molecule has 0 aliphatic carbocycles. The summed E-state index contributed by atoms with van der Waals surface area (Å²) in [5.41, 5.74) is 0.699. The van der Waals surface area contributed by atoms with E-state index >= 15 is 0 Å². The van der Waals surface area contributed by atoms with Gasteiger partial charge in [-0.05, 0) is 37.5 Å². The van der Waals surface area contributed by atoms with Crippen LogP contribution in [0, 0.1) is 12.7 Å². The van der Waals surface area contributed by atoms with E-state index in [9.17, 15) is 18.8 Å². The van der Waals surface area contributed by atoms with E-state index in [0.717, 1.165) is 0 Å². The minimum atomic E-state index is -0.928. The number of aliphatic carboxylic acids is 1. The Morgan fingerprint density at radius 1 is 1.19 bits per heavy atom. The highest BCUT2D eigenvalue weighted by atomic mass is 19.1. The molecule has 0 unspecified atom stereocenters. The average Bonchev–Trinajstić information content (AvgIpc) is 2.38. The number of carboxylic acids is 1. The van der Waals surface area contributed by atoms with Crippen LogP contribution in [0.3, 0.4) is 0 Å². The van der Waals surface area contributed by atoms with Crippen LogP contribution < -0.4 is 10.6 Å². The zero-order valence-electron chi connectivity index (χ0n) is 11.6. The number of hydrogen-bond acceptors (Lipinski definition) is 3. The van der Waals surface area contributed by atoms with E-state index in [2.05, 4.69) is 10.6 Å². The molecule has 0 aliphatic rings. The molecule has 0 fully saturated rings. The van der Waals surface area contributed by atoms with Gasteiger partial charge in [-0.15, -0.1) is 0 Å². The molecular formula is C14H17FN2O4. The Morgan fingerprint density at radius 2 is 1.86 bits per heavy atom. The van der Waals surface area contributed by atoms with E-state index in [-0.39, 0.29) is 18.5 Å². The molecule has 21 heavy (non-hydrogen) atoms. The molecule has 0 saturated heterocycles. The molecule has 0 heterocycles. The lowest BCUT2D eigenvalue weighted by Gasteiger charge is -2.08. The zero-order valence-corrected chi connectivity index (χ0v) is 11.6. The number of aryl methyl sites for hydroxylation is 1. The number of hydrogen-bond donors (Lipinski definition) is 3. The Morgan fingerprint density at radius 3 is 2.48 bits per heavy atom. The standard InChI is InChI=1S/C14H17FN2O4/c1-9-6-7-11(10(15)8-9)16-14(21)17-12(18)4-2-3-5-13(19)20/h6-8H,2-5H2,1H3,(H,19,20)(H2,16,17,18,21). The highest BCUT2D eigenvalue weighted by Crippen LogP contribution is 2.14. The molecule has 6 nitrogen and oxygen atoms in total. The number of nitrogens with one attached hydrogen (secondary N) is 2. The van der Waals surface area contributed by atoms with Gasteiger partial charge in [-0.3, -0.25) is 14.9 Å². The normalized spacial score (nSPS) is 10.0. The largest absolute Gasteiger partial charge is 0.481 e. The maximum atomic E-state index is 13.5. The van der Waals surface area contributed by atoms with Gasteiger partial charge in [-0.25, -0.2) is 9.18 Å². The van der Waals surface area contributed by atoms with Crippen molar-refractivity contribution < 1.29 is 23.9 Å². The first-order valence-electron chi connectivity index (χ1n) is 6.47. The summed E-state index contributed by atoms with van der Waals surface area (Å²) in [6.07, 6.45) is 0.742. The summed E-state index contributed by atoms with van der Waals surface area (Å²) in [6, 6.07) is 3.48. The molecule has 0 spiro atoms.